The Morgan fingerprint density at radius 1 is 1.56 bits per heavy atom. The molecule has 0 radical (unpaired) electrons. The van der Waals surface area contributed by atoms with Gasteiger partial charge >= 0.3 is 6.18 Å². The molecular weight excluding hydrogens is 244 g/mol. The number of thiocarbonyl (C=S) groups is 1. The minimum absolute atomic E-state index is 0.00664. The third kappa shape index (κ3) is 2.84. The van der Waals surface area contributed by atoms with E-state index in [0.717, 1.165) is 5.37 Å². The van der Waals surface area contributed by atoms with Gasteiger partial charge in [-0.1, -0.05) is 12.2 Å². The topological polar surface area (TPSA) is 36.2 Å². The van der Waals surface area contributed by atoms with Crippen LogP contribution >= 0.6 is 12.2 Å². The summed E-state index contributed by atoms with van der Waals surface area (Å²) in [4.78, 5) is 0. The van der Waals surface area contributed by atoms with Gasteiger partial charge in [0.15, 0.2) is 0 Å². The Hall–Kier alpha value is -0.850. The number of nitrogens with zero attached hydrogens (tertiary/aromatic N) is 1. The monoisotopic (exact) mass is 254 g/mol. The lowest BCUT2D eigenvalue weighted by Crippen LogP contribution is -2.32. The number of nitrogens with one attached hydrogen (secondary N) is 1. The molecule has 0 bridgehead atoms. The molecule has 1 rings (SSSR count). The maximum atomic E-state index is 13.5. The molecule has 2 nitrogen and oxygen atoms in total. The zero-order valence-corrected chi connectivity index (χ0v) is 8.98. The lowest BCUT2D eigenvalue weighted by molar-refractivity contribution is -0.0967. The minimum Gasteiger partial charge on any atom is -0.243 e. The van der Waals surface area contributed by atoms with Gasteiger partial charge in [-0.15, -0.1) is 0 Å². The first-order chi connectivity index (χ1) is 7.40. The van der Waals surface area contributed by atoms with Crippen LogP contribution < -0.4 is 0 Å². The highest BCUT2D eigenvalue weighted by Gasteiger charge is 2.40. The molecule has 0 amide bonds. The molecule has 0 saturated heterocycles. The first-order valence-corrected chi connectivity index (χ1v) is 5.11. The molecule has 90 valence electrons. The fraction of sp³-hybridized carbons (Fsp3) is 0.667. The molecule has 0 fully saturated rings. The Bertz CT molecular complexity index is 305. The maximum absolute atomic E-state index is 13.5. The minimum atomic E-state index is -4.47. The van der Waals surface area contributed by atoms with Crippen molar-refractivity contribution in [3.63, 3.8) is 0 Å². The molecule has 0 saturated carbocycles. The molecule has 0 spiro atoms. The van der Waals surface area contributed by atoms with E-state index in [2.05, 4.69) is 17.3 Å². The lowest BCUT2D eigenvalue weighted by atomic mass is 9.84. The first-order valence-electron chi connectivity index (χ1n) is 4.64. The summed E-state index contributed by atoms with van der Waals surface area (Å²) in [5.41, 5.74) is 5.93. The van der Waals surface area contributed by atoms with Crippen LogP contribution in [0, 0.1) is 11.4 Å². The van der Waals surface area contributed by atoms with Crippen LogP contribution in [0.2, 0.25) is 0 Å². The molecule has 0 aromatic carbocycles. The highest BCUT2D eigenvalue weighted by atomic mass is 32.1. The standard InChI is InChI=1S/C9H10F4N2S/c10-7-3-5(9(11,12)13)1-2-6(7)8(4-16)15-14/h3-4,6-8,14H,1-2H2. The summed E-state index contributed by atoms with van der Waals surface area (Å²) in [7, 11) is 0. The van der Waals surface area contributed by atoms with E-state index in [1.807, 2.05) is 0 Å². The van der Waals surface area contributed by atoms with E-state index in [1.165, 1.54) is 0 Å². The van der Waals surface area contributed by atoms with Crippen LogP contribution in [-0.2, 0) is 0 Å². The molecular formula is C9H10F4N2S. The predicted octanol–water partition coefficient (Wildman–Crippen LogP) is 3.62. The average Bonchev–Trinajstić information content (AvgIpc) is 2.20. The number of rotatable bonds is 3. The number of hydrogen-bond donors (Lipinski definition) is 1. The molecule has 0 aromatic heterocycles. The first kappa shape index (κ1) is 13.2. The SMILES string of the molecule is N=NC(C=S)C1CCC(C(F)(F)F)=CC1F. The van der Waals surface area contributed by atoms with Crippen molar-refractivity contribution >= 4 is 17.6 Å². The van der Waals surface area contributed by atoms with Gasteiger partial charge in [-0.25, -0.2) is 9.92 Å². The van der Waals surface area contributed by atoms with Gasteiger partial charge < -0.3 is 0 Å². The summed E-state index contributed by atoms with van der Waals surface area (Å²) in [6.45, 7) is 0. The van der Waals surface area contributed by atoms with Gasteiger partial charge in [0, 0.05) is 16.9 Å². The van der Waals surface area contributed by atoms with E-state index in [4.69, 9.17) is 5.53 Å². The molecule has 0 heterocycles. The largest absolute Gasteiger partial charge is 0.412 e. The van der Waals surface area contributed by atoms with Gasteiger partial charge in [-0.05, 0) is 18.9 Å². The number of alkyl halides is 4. The van der Waals surface area contributed by atoms with Crippen LogP contribution in [0.25, 0.3) is 0 Å². The smallest absolute Gasteiger partial charge is 0.243 e. The van der Waals surface area contributed by atoms with E-state index >= 15 is 0 Å². The molecule has 0 aromatic rings. The second kappa shape index (κ2) is 4.99. The van der Waals surface area contributed by atoms with E-state index in [9.17, 15) is 17.6 Å². The van der Waals surface area contributed by atoms with Gasteiger partial charge in [0.05, 0.1) is 0 Å². The molecule has 1 N–H and O–H groups in total. The van der Waals surface area contributed by atoms with Gasteiger partial charge in [0.25, 0.3) is 0 Å². The Morgan fingerprint density at radius 2 is 2.19 bits per heavy atom. The Kier molecular flexibility index (Phi) is 4.12. The molecule has 1 aliphatic carbocycles. The van der Waals surface area contributed by atoms with Crippen LogP contribution in [-0.4, -0.2) is 23.8 Å². The van der Waals surface area contributed by atoms with Crippen molar-refractivity contribution < 1.29 is 17.6 Å². The molecule has 3 unspecified atom stereocenters. The summed E-state index contributed by atoms with van der Waals surface area (Å²) in [5, 5.41) is 4.23. The molecule has 0 aliphatic heterocycles. The van der Waals surface area contributed by atoms with Crippen molar-refractivity contribution in [2.45, 2.75) is 31.2 Å². The highest BCUT2D eigenvalue weighted by molar-refractivity contribution is 7.79. The third-order valence-electron chi connectivity index (χ3n) is 2.61. The quantitative estimate of drug-likeness (QED) is 0.355. The van der Waals surface area contributed by atoms with Crippen LogP contribution in [0.4, 0.5) is 17.6 Å². The lowest BCUT2D eigenvalue weighted by Gasteiger charge is -2.28. The fourth-order valence-electron chi connectivity index (χ4n) is 1.70. The summed E-state index contributed by atoms with van der Waals surface area (Å²) in [6.07, 6.45) is -5.88. The zero-order chi connectivity index (χ0) is 12.3. The molecule has 1 aliphatic rings. The summed E-state index contributed by atoms with van der Waals surface area (Å²) in [5.74, 6) is -0.749. The van der Waals surface area contributed by atoms with Gasteiger partial charge in [-0.3, -0.25) is 0 Å². The van der Waals surface area contributed by atoms with Gasteiger partial charge in [0.2, 0.25) is 0 Å². The fourth-order valence-corrected chi connectivity index (χ4v) is 1.97. The number of allylic oxidation sites excluding steroid dienone is 2. The van der Waals surface area contributed by atoms with Gasteiger partial charge in [-0.2, -0.15) is 18.3 Å². The van der Waals surface area contributed by atoms with Crippen molar-refractivity contribution in [3.05, 3.63) is 11.6 Å². The number of halogens is 4. The van der Waals surface area contributed by atoms with Crippen LogP contribution in [0.1, 0.15) is 12.8 Å². The highest BCUT2D eigenvalue weighted by Crippen LogP contribution is 2.37. The van der Waals surface area contributed by atoms with Crippen molar-refractivity contribution in [1.82, 2.24) is 0 Å². The zero-order valence-electron chi connectivity index (χ0n) is 8.17. The van der Waals surface area contributed by atoms with Crippen LogP contribution in [0.3, 0.4) is 0 Å². The summed E-state index contributed by atoms with van der Waals surface area (Å²) < 4.78 is 50.3. The van der Waals surface area contributed by atoms with Gasteiger partial charge in [0.1, 0.15) is 12.2 Å². The van der Waals surface area contributed by atoms with Crippen molar-refractivity contribution in [1.29, 1.82) is 5.53 Å². The van der Waals surface area contributed by atoms with E-state index in [-0.39, 0.29) is 12.8 Å². The average molecular weight is 254 g/mol. The Morgan fingerprint density at radius 3 is 2.56 bits per heavy atom. The maximum Gasteiger partial charge on any atom is 0.412 e. The molecule has 7 heteroatoms. The Balaban J connectivity index is 2.83. The predicted molar refractivity (Wildman–Crippen MR) is 54.3 cm³/mol. The van der Waals surface area contributed by atoms with E-state index < -0.39 is 29.9 Å². The van der Waals surface area contributed by atoms with Crippen molar-refractivity contribution in [3.8, 4) is 0 Å². The van der Waals surface area contributed by atoms with Crippen LogP contribution in [0.5, 0.6) is 0 Å². The number of hydrogen-bond acceptors (Lipinski definition) is 3. The van der Waals surface area contributed by atoms with E-state index in [0.29, 0.717) is 6.08 Å². The molecule has 16 heavy (non-hydrogen) atoms. The third-order valence-corrected chi connectivity index (χ3v) is 2.89. The second-order valence-corrected chi connectivity index (χ2v) is 3.86. The summed E-state index contributed by atoms with van der Waals surface area (Å²) >= 11 is 4.56. The summed E-state index contributed by atoms with van der Waals surface area (Å²) in [6, 6.07) is -0.823. The Labute approximate surface area is 95.2 Å². The second-order valence-electron chi connectivity index (χ2n) is 3.59. The normalized spacial score (nSPS) is 28.1. The molecule has 3 atom stereocenters. The van der Waals surface area contributed by atoms with E-state index in [1.54, 1.807) is 0 Å². The van der Waals surface area contributed by atoms with Crippen molar-refractivity contribution in [2.24, 2.45) is 11.0 Å². The van der Waals surface area contributed by atoms with Crippen molar-refractivity contribution in [2.75, 3.05) is 0 Å². The van der Waals surface area contributed by atoms with Crippen LogP contribution in [0.15, 0.2) is 16.8 Å².